The first-order valence-electron chi connectivity index (χ1n) is 18.2. The zero-order valence-corrected chi connectivity index (χ0v) is 28.5. The van der Waals surface area contributed by atoms with E-state index in [2.05, 4.69) is 169 Å². The second kappa shape index (κ2) is 11.5. The highest BCUT2D eigenvalue weighted by atomic mass is 15.2. The maximum absolute atomic E-state index is 4.58. The molecule has 0 radical (unpaired) electrons. The van der Waals surface area contributed by atoms with Crippen molar-refractivity contribution in [2.45, 2.75) is 25.7 Å². The molecule has 1 aliphatic carbocycles. The first kappa shape index (κ1) is 29.3. The molecule has 6 aromatic carbocycles. The third-order valence-corrected chi connectivity index (χ3v) is 11.2. The topological polar surface area (TPSA) is 50.1 Å². The van der Waals surface area contributed by atoms with Crippen LogP contribution in [0.5, 0.6) is 0 Å². The van der Waals surface area contributed by atoms with E-state index in [-0.39, 0.29) is 6.71 Å². The summed E-state index contributed by atoms with van der Waals surface area (Å²) in [6.45, 7) is 0.0237. The lowest BCUT2D eigenvalue weighted by atomic mass is 9.33. The number of hydrogen-bond donors (Lipinski definition) is 0. The van der Waals surface area contributed by atoms with Gasteiger partial charge in [-0.15, -0.1) is 0 Å². The molecule has 0 atom stereocenters. The summed E-state index contributed by atoms with van der Waals surface area (Å²) in [5, 5.41) is 1.39. The van der Waals surface area contributed by atoms with E-state index in [1.54, 1.807) is 12.7 Å². The maximum atomic E-state index is 4.58. The largest absolute Gasteiger partial charge is 0.313 e. The number of aromatic nitrogens is 4. The number of para-hydroxylation sites is 4. The number of rotatable bonds is 4. The molecule has 0 bridgehead atoms. The number of benzene rings is 6. The summed E-state index contributed by atoms with van der Waals surface area (Å²) >= 11 is 0. The Balaban J connectivity index is 1.20. The molecule has 6 nitrogen and oxygen atoms in total. The Kier molecular flexibility index (Phi) is 6.50. The minimum Gasteiger partial charge on any atom is -0.313 e. The van der Waals surface area contributed by atoms with Crippen LogP contribution in [0.25, 0.3) is 28.0 Å². The second-order valence-electron chi connectivity index (χ2n) is 13.9. The molecule has 0 fully saturated rings. The normalized spacial score (nSPS) is 14.1. The van der Waals surface area contributed by atoms with Gasteiger partial charge in [-0.1, -0.05) is 72.8 Å². The Bertz CT molecular complexity index is 2670. The van der Waals surface area contributed by atoms with Crippen molar-refractivity contribution in [3.8, 4) is 17.1 Å². The third-order valence-electron chi connectivity index (χ3n) is 11.2. The molecule has 2 aliphatic heterocycles. The van der Waals surface area contributed by atoms with Crippen LogP contribution < -0.4 is 26.2 Å². The molecule has 2 aromatic heterocycles. The van der Waals surface area contributed by atoms with Crippen molar-refractivity contribution in [1.82, 2.24) is 19.5 Å². The zero-order chi connectivity index (χ0) is 34.2. The van der Waals surface area contributed by atoms with E-state index >= 15 is 0 Å². The van der Waals surface area contributed by atoms with Gasteiger partial charge in [-0.05, 0) is 114 Å². The van der Waals surface area contributed by atoms with E-state index in [1.165, 1.54) is 68.5 Å². The van der Waals surface area contributed by atoms with Crippen LogP contribution in [-0.2, 0) is 12.8 Å². The summed E-state index contributed by atoms with van der Waals surface area (Å²) in [6.07, 6.45) is 7.87. The van der Waals surface area contributed by atoms with Crippen molar-refractivity contribution >= 4 is 68.1 Å². The maximum Gasteiger partial charge on any atom is 0.252 e. The van der Waals surface area contributed by atoms with E-state index in [4.69, 9.17) is 0 Å². The lowest BCUT2D eigenvalue weighted by molar-refractivity contribution is 0.667. The fraction of sp³-hybridized carbons (Fsp3) is 0.0889. The minimum atomic E-state index is 0.0237. The number of anilines is 6. The van der Waals surface area contributed by atoms with Crippen LogP contribution in [0.2, 0.25) is 0 Å². The van der Waals surface area contributed by atoms with E-state index < -0.39 is 0 Å². The van der Waals surface area contributed by atoms with Crippen LogP contribution in [0.1, 0.15) is 24.1 Å². The van der Waals surface area contributed by atoms with E-state index in [1.807, 2.05) is 0 Å². The summed E-state index contributed by atoms with van der Waals surface area (Å²) in [6, 6.07) is 51.1. The highest BCUT2D eigenvalue weighted by Gasteiger charge is 2.43. The van der Waals surface area contributed by atoms with Gasteiger partial charge in [-0.3, -0.25) is 0 Å². The average Bonchev–Trinajstić information content (AvgIpc) is 3.56. The average molecular weight is 669 g/mol. The highest BCUT2D eigenvalue weighted by molar-refractivity contribution is 7.00. The number of hydrogen-bond acceptors (Lipinski definition) is 5. The number of nitrogens with zero attached hydrogens (tertiary/aromatic N) is 6. The van der Waals surface area contributed by atoms with Gasteiger partial charge in [-0.2, -0.15) is 0 Å². The molecule has 246 valence electrons. The van der Waals surface area contributed by atoms with Crippen molar-refractivity contribution in [2.24, 2.45) is 0 Å². The third kappa shape index (κ3) is 4.23. The van der Waals surface area contributed by atoms with Gasteiger partial charge in [0.1, 0.15) is 12.7 Å². The molecule has 0 saturated heterocycles. The molecular weight excluding hydrogens is 635 g/mol. The predicted molar refractivity (Wildman–Crippen MR) is 213 cm³/mol. The van der Waals surface area contributed by atoms with Gasteiger partial charge in [0, 0.05) is 50.8 Å². The monoisotopic (exact) mass is 668 g/mol. The second-order valence-corrected chi connectivity index (χ2v) is 13.9. The summed E-state index contributed by atoms with van der Waals surface area (Å²) in [7, 11) is 0. The Morgan fingerprint density at radius 3 is 2.10 bits per heavy atom. The first-order valence-corrected chi connectivity index (χ1v) is 18.2. The molecule has 0 saturated carbocycles. The quantitative estimate of drug-likeness (QED) is 0.176. The van der Waals surface area contributed by atoms with Gasteiger partial charge in [0.2, 0.25) is 0 Å². The summed E-state index contributed by atoms with van der Waals surface area (Å²) in [4.78, 5) is 18.1. The lowest BCUT2D eigenvalue weighted by Gasteiger charge is -2.44. The van der Waals surface area contributed by atoms with Crippen LogP contribution in [0.3, 0.4) is 0 Å². The van der Waals surface area contributed by atoms with Gasteiger partial charge < -0.3 is 14.4 Å². The van der Waals surface area contributed by atoms with E-state index in [0.717, 1.165) is 41.2 Å². The molecule has 8 aromatic rings. The van der Waals surface area contributed by atoms with Crippen LogP contribution in [0.15, 0.2) is 152 Å². The molecule has 4 heterocycles. The van der Waals surface area contributed by atoms with Crippen molar-refractivity contribution in [3.63, 3.8) is 0 Å². The molecule has 0 unspecified atom stereocenters. The van der Waals surface area contributed by atoms with Crippen molar-refractivity contribution in [2.75, 3.05) is 9.80 Å². The summed E-state index contributed by atoms with van der Waals surface area (Å²) in [5.41, 5.74) is 17.2. The Hall–Kier alpha value is -6.47. The van der Waals surface area contributed by atoms with Crippen molar-refractivity contribution in [3.05, 3.63) is 163 Å². The fourth-order valence-electron chi connectivity index (χ4n) is 9.16. The van der Waals surface area contributed by atoms with Gasteiger partial charge in [-0.25, -0.2) is 15.0 Å². The zero-order valence-electron chi connectivity index (χ0n) is 28.5. The standard InChI is InChI=1S/C45H33BN6/c1-2-13-30(14-3-1)50-41-26-25-31(51-37-19-8-4-15-32(37)33-16-5-9-20-38(33)51)27-36(41)46-35-18-7-11-22-40(35)52(43-24-12-23-42(50)44(43)46)39-21-10-6-17-34(39)45-48-28-47-29-49-45/h1-4,6-8,10-15,17-19,21-29H,5,9,16,20H2. The molecule has 52 heavy (non-hydrogen) atoms. The van der Waals surface area contributed by atoms with E-state index in [0.29, 0.717) is 5.82 Å². The Labute approximate surface area is 302 Å². The first-order chi connectivity index (χ1) is 25.8. The Morgan fingerprint density at radius 1 is 0.519 bits per heavy atom. The summed E-state index contributed by atoms with van der Waals surface area (Å²) in [5.74, 6) is 0.651. The Morgan fingerprint density at radius 2 is 1.21 bits per heavy atom. The molecule has 11 rings (SSSR count). The van der Waals surface area contributed by atoms with Crippen LogP contribution in [0, 0.1) is 0 Å². The molecular formula is C45H33BN6. The minimum absolute atomic E-state index is 0.0237. The number of fused-ring (bicyclic) bond motifs is 7. The highest BCUT2D eigenvalue weighted by Crippen LogP contribution is 2.46. The van der Waals surface area contributed by atoms with Crippen LogP contribution in [-0.4, -0.2) is 26.2 Å². The molecule has 0 amide bonds. The molecule has 0 spiro atoms. The lowest BCUT2D eigenvalue weighted by Crippen LogP contribution is -2.61. The van der Waals surface area contributed by atoms with Gasteiger partial charge >= 0.3 is 0 Å². The van der Waals surface area contributed by atoms with Crippen molar-refractivity contribution < 1.29 is 0 Å². The number of aryl methyl sites for hydroxylation is 1. The fourth-order valence-corrected chi connectivity index (χ4v) is 9.16. The van der Waals surface area contributed by atoms with Gasteiger partial charge in [0.15, 0.2) is 5.82 Å². The van der Waals surface area contributed by atoms with Gasteiger partial charge in [0.05, 0.1) is 11.2 Å². The molecule has 0 N–H and O–H groups in total. The molecule has 7 heteroatoms. The predicted octanol–water partition coefficient (Wildman–Crippen LogP) is 8.44. The molecule has 3 aliphatic rings. The van der Waals surface area contributed by atoms with Gasteiger partial charge in [0.25, 0.3) is 6.71 Å². The van der Waals surface area contributed by atoms with E-state index in [9.17, 15) is 0 Å². The smallest absolute Gasteiger partial charge is 0.252 e. The van der Waals surface area contributed by atoms with Crippen LogP contribution >= 0.6 is 0 Å². The van der Waals surface area contributed by atoms with Crippen LogP contribution in [0.4, 0.5) is 34.1 Å². The SMILES string of the molecule is c1ccc(N2c3ccc(-n4c5c(c6ccccc64)CCCC5)cc3B3c4ccccc4N(c4ccccc4-c4ncncn4)c4cccc2c43)cc1. The summed E-state index contributed by atoms with van der Waals surface area (Å²) < 4.78 is 2.56. The van der Waals surface area contributed by atoms with Crippen molar-refractivity contribution in [1.29, 1.82) is 0 Å².